The van der Waals surface area contributed by atoms with Gasteiger partial charge in [0.2, 0.25) is 5.91 Å². The number of esters is 1. The first kappa shape index (κ1) is 22.0. The van der Waals surface area contributed by atoms with Crippen molar-refractivity contribution in [2.75, 3.05) is 31.0 Å². The molecule has 2 unspecified atom stereocenters. The number of hydrogen-bond acceptors (Lipinski definition) is 7. The van der Waals surface area contributed by atoms with Gasteiger partial charge in [0.15, 0.2) is 5.69 Å². The molecular formula is C21H30N4O5. The number of methoxy groups -OCH3 is 1. The molecule has 3 N–H and O–H groups in total. The number of hydrogen-bond donors (Lipinski definition) is 3. The molecule has 1 aliphatic heterocycles. The predicted molar refractivity (Wildman–Crippen MR) is 114 cm³/mol. The van der Waals surface area contributed by atoms with E-state index >= 15 is 0 Å². The van der Waals surface area contributed by atoms with Crippen LogP contribution in [0, 0.1) is 5.92 Å². The van der Waals surface area contributed by atoms with Gasteiger partial charge in [-0.1, -0.05) is 0 Å². The fourth-order valence-corrected chi connectivity index (χ4v) is 3.44. The molecule has 0 bridgehead atoms. The topological polar surface area (TPSA) is 115 Å². The maximum absolute atomic E-state index is 12.8. The van der Waals surface area contributed by atoms with Crippen LogP contribution in [0.15, 0.2) is 12.3 Å². The Balaban J connectivity index is 2.09. The lowest BCUT2D eigenvalue weighted by Crippen LogP contribution is -2.39. The van der Waals surface area contributed by atoms with E-state index in [4.69, 9.17) is 9.47 Å². The molecule has 0 radical (unpaired) electrons. The van der Waals surface area contributed by atoms with Gasteiger partial charge in [-0.05, 0) is 40.2 Å². The van der Waals surface area contributed by atoms with Gasteiger partial charge in [-0.2, -0.15) is 0 Å². The van der Waals surface area contributed by atoms with Crippen LogP contribution in [0.1, 0.15) is 44.6 Å². The van der Waals surface area contributed by atoms with Gasteiger partial charge in [0.1, 0.15) is 5.65 Å². The van der Waals surface area contributed by atoms with E-state index in [1.54, 1.807) is 24.6 Å². The average molecular weight is 418 g/mol. The van der Waals surface area contributed by atoms with Crippen LogP contribution < -0.4 is 10.6 Å². The zero-order valence-electron chi connectivity index (χ0n) is 18.1. The summed E-state index contributed by atoms with van der Waals surface area (Å²) in [4.78, 5) is 29.9. The number of carbonyl (C=O) groups excluding carboxylic acids is 2. The Kier molecular flexibility index (Phi) is 6.33. The summed E-state index contributed by atoms with van der Waals surface area (Å²) < 4.78 is 12.0. The normalized spacial score (nSPS) is 17.7. The van der Waals surface area contributed by atoms with Gasteiger partial charge in [0.25, 0.3) is 0 Å². The van der Waals surface area contributed by atoms with Gasteiger partial charge in [0.05, 0.1) is 48.8 Å². The molecule has 0 aromatic carbocycles. The Labute approximate surface area is 175 Å². The number of nitrogens with zero attached hydrogens (tertiary/aromatic N) is 2. The van der Waals surface area contributed by atoms with Crippen molar-refractivity contribution in [1.82, 2.24) is 9.55 Å². The van der Waals surface area contributed by atoms with Crippen LogP contribution in [0.5, 0.6) is 0 Å². The number of aliphatic hydroxyl groups is 1. The molecule has 1 amide bonds. The third-order valence-corrected chi connectivity index (χ3v) is 5.58. The number of amides is 1. The summed E-state index contributed by atoms with van der Waals surface area (Å²) in [6, 6.07) is 1.57. The maximum Gasteiger partial charge on any atom is 0.356 e. The SMILES string of the molecule is CCn1c(C(=O)OC)c(NC(=O)C2CCOC2)c2cc(NC(C)C(C)(C)O)cnc21. The van der Waals surface area contributed by atoms with Crippen molar-refractivity contribution in [3.8, 4) is 0 Å². The molecule has 3 rings (SSSR count). The maximum atomic E-state index is 12.8. The molecule has 0 saturated carbocycles. The molecule has 2 atom stereocenters. The van der Waals surface area contributed by atoms with E-state index < -0.39 is 11.6 Å². The quantitative estimate of drug-likeness (QED) is 0.592. The zero-order chi connectivity index (χ0) is 22.1. The minimum atomic E-state index is -0.943. The number of rotatable bonds is 7. The van der Waals surface area contributed by atoms with Gasteiger partial charge in [-0.15, -0.1) is 0 Å². The molecule has 1 fully saturated rings. The first-order valence-corrected chi connectivity index (χ1v) is 10.1. The van der Waals surface area contributed by atoms with Crippen molar-refractivity contribution in [1.29, 1.82) is 0 Å². The van der Waals surface area contributed by atoms with Crippen LogP contribution >= 0.6 is 0 Å². The highest BCUT2D eigenvalue weighted by molar-refractivity contribution is 6.11. The monoisotopic (exact) mass is 418 g/mol. The van der Waals surface area contributed by atoms with E-state index in [0.29, 0.717) is 48.6 Å². The molecule has 9 heteroatoms. The smallest absolute Gasteiger partial charge is 0.356 e. The van der Waals surface area contributed by atoms with Gasteiger partial charge in [0, 0.05) is 18.5 Å². The van der Waals surface area contributed by atoms with Crippen molar-refractivity contribution in [3.05, 3.63) is 18.0 Å². The lowest BCUT2D eigenvalue weighted by Gasteiger charge is -2.27. The molecule has 0 spiro atoms. The van der Waals surface area contributed by atoms with E-state index in [9.17, 15) is 14.7 Å². The molecule has 0 aliphatic carbocycles. The van der Waals surface area contributed by atoms with Gasteiger partial charge in [-0.3, -0.25) is 4.79 Å². The molecule has 9 nitrogen and oxygen atoms in total. The van der Waals surface area contributed by atoms with E-state index in [1.807, 2.05) is 19.9 Å². The lowest BCUT2D eigenvalue weighted by atomic mass is 10.0. The predicted octanol–water partition coefficient (Wildman–Crippen LogP) is 2.39. The summed E-state index contributed by atoms with van der Waals surface area (Å²) in [5, 5.41) is 17.0. The second kappa shape index (κ2) is 8.61. The number of fused-ring (bicyclic) bond motifs is 1. The zero-order valence-corrected chi connectivity index (χ0v) is 18.1. The van der Waals surface area contributed by atoms with Gasteiger partial charge < -0.3 is 29.8 Å². The average Bonchev–Trinajstić information content (AvgIpc) is 3.33. The van der Waals surface area contributed by atoms with Crippen LogP contribution in [-0.2, 0) is 20.8 Å². The minimum Gasteiger partial charge on any atom is -0.464 e. The lowest BCUT2D eigenvalue weighted by molar-refractivity contribution is -0.119. The summed E-state index contributed by atoms with van der Waals surface area (Å²) in [5.74, 6) is -1.01. The summed E-state index contributed by atoms with van der Waals surface area (Å²) in [6.07, 6.45) is 2.29. The number of ether oxygens (including phenoxy) is 2. The van der Waals surface area contributed by atoms with Crippen molar-refractivity contribution < 1.29 is 24.2 Å². The van der Waals surface area contributed by atoms with Crippen LogP contribution in [0.25, 0.3) is 11.0 Å². The highest BCUT2D eigenvalue weighted by atomic mass is 16.5. The summed E-state index contributed by atoms with van der Waals surface area (Å²) in [5.41, 5.74) is 0.921. The Morgan fingerprint density at radius 2 is 2.20 bits per heavy atom. The summed E-state index contributed by atoms with van der Waals surface area (Å²) in [7, 11) is 1.31. The third-order valence-electron chi connectivity index (χ3n) is 5.58. The summed E-state index contributed by atoms with van der Waals surface area (Å²) >= 11 is 0. The first-order chi connectivity index (χ1) is 14.2. The Bertz CT molecular complexity index is 941. The first-order valence-electron chi connectivity index (χ1n) is 10.1. The Morgan fingerprint density at radius 1 is 1.47 bits per heavy atom. The molecule has 2 aromatic rings. The van der Waals surface area contributed by atoms with Crippen LogP contribution in [-0.4, -0.2) is 58.5 Å². The molecule has 1 aliphatic rings. The van der Waals surface area contributed by atoms with Gasteiger partial charge in [-0.25, -0.2) is 9.78 Å². The highest BCUT2D eigenvalue weighted by Crippen LogP contribution is 2.33. The Morgan fingerprint density at radius 3 is 2.77 bits per heavy atom. The van der Waals surface area contributed by atoms with Crippen LogP contribution in [0.3, 0.4) is 0 Å². The van der Waals surface area contributed by atoms with E-state index in [2.05, 4.69) is 15.6 Å². The fourth-order valence-electron chi connectivity index (χ4n) is 3.44. The van der Waals surface area contributed by atoms with Crippen LogP contribution in [0.2, 0.25) is 0 Å². The number of anilines is 2. The largest absolute Gasteiger partial charge is 0.464 e. The molecule has 164 valence electrons. The number of nitrogens with one attached hydrogen (secondary N) is 2. The van der Waals surface area contributed by atoms with E-state index in [1.165, 1.54) is 7.11 Å². The standard InChI is InChI=1S/C21H30N4O5/c1-6-25-17(20(27)29-5)16(24-19(26)13-7-8-30-11-13)15-9-14(10-22-18(15)25)23-12(2)21(3,4)28/h9-10,12-13,23,28H,6-8,11H2,1-5H3,(H,24,26). The third kappa shape index (κ3) is 4.27. The number of pyridine rings is 1. The fraction of sp³-hybridized carbons (Fsp3) is 0.571. The summed E-state index contributed by atoms with van der Waals surface area (Å²) in [6.45, 7) is 8.58. The number of aryl methyl sites for hydroxylation is 1. The minimum absolute atomic E-state index is 0.198. The van der Waals surface area contributed by atoms with Crippen molar-refractivity contribution in [2.24, 2.45) is 5.92 Å². The van der Waals surface area contributed by atoms with Crippen LogP contribution in [0.4, 0.5) is 11.4 Å². The molecular weight excluding hydrogens is 388 g/mol. The van der Waals surface area contributed by atoms with Crippen molar-refractivity contribution in [3.63, 3.8) is 0 Å². The molecule has 1 saturated heterocycles. The molecule has 2 aromatic heterocycles. The van der Waals surface area contributed by atoms with E-state index in [-0.39, 0.29) is 23.6 Å². The van der Waals surface area contributed by atoms with Gasteiger partial charge >= 0.3 is 5.97 Å². The highest BCUT2D eigenvalue weighted by Gasteiger charge is 2.30. The second-order valence-electron chi connectivity index (χ2n) is 8.12. The van der Waals surface area contributed by atoms with Crippen molar-refractivity contribution in [2.45, 2.75) is 52.3 Å². The number of aromatic nitrogens is 2. The molecule has 3 heterocycles. The second-order valence-corrected chi connectivity index (χ2v) is 8.12. The van der Waals surface area contributed by atoms with E-state index in [0.717, 1.165) is 0 Å². The Hall–Kier alpha value is -2.65. The van der Waals surface area contributed by atoms with Crippen molar-refractivity contribution >= 4 is 34.3 Å². The number of carbonyl (C=O) groups is 2. The molecule has 30 heavy (non-hydrogen) atoms.